The summed E-state index contributed by atoms with van der Waals surface area (Å²) in [5.41, 5.74) is 12.5. The lowest BCUT2D eigenvalue weighted by molar-refractivity contribution is 0.669. The van der Waals surface area contributed by atoms with Gasteiger partial charge in [0.1, 0.15) is 11.2 Å². The van der Waals surface area contributed by atoms with E-state index in [1.807, 2.05) is 65.9 Å². The highest BCUT2D eigenvalue weighted by Gasteiger charge is 2.22. The predicted octanol–water partition coefficient (Wildman–Crippen LogP) is 16.7. The molecule has 10 aromatic carbocycles. The Kier molecular flexibility index (Phi) is 8.38. The van der Waals surface area contributed by atoms with Gasteiger partial charge < -0.3 is 8.98 Å². The average molecular weight is 873 g/mol. The smallest absolute Gasteiger partial charge is 0.164 e. The van der Waals surface area contributed by atoms with Crippen LogP contribution in [0.5, 0.6) is 0 Å². The first-order chi connectivity index (χ1) is 33.2. The number of benzene rings is 10. The average Bonchev–Trinajstić information content (AvgIpc) is 4.08. The van der Waals surface area contributed by atoms with Crippen molar-refractivity contribution in [2.75, 3.05) is 0 Å². The Morgan fingerprint density at radius 3 is 1.67 bits per heavy atom. The fourth-order valence-corrected chi connectivity index (χ4v) is 11.5. The summed E-state index contributed by atoms with van der Waals surface area (Å²) in [5, 5.41) is 9.48. The van der Waals surface area contributed by atoms with E-state index in [-0.39, 0.29) is 0 Å². The Hall–Kier alpha value is -8.71. The van der Waals surface area contributed by atoms with Gasteiger partial charge >= 0.3 is 0 Å². The number of rotatable bonds is 6. The van der Waals surface area contributed by atoms with Gasteiger partial charge in [0.05, 0.1) is 11.0 Å². The molecule has 4 heterocycles. The molecule has 0 fully saturated rings. The molecule has 0 aliphatic carbocycles. The quantitative estimate of drug-likeness (QED) is 0.167. The van der Waals surface area contributed by atoms with Gasteiger partial charge in [-0.15, -0.1) is 11.3 Å². The summed E-state index contributed by atoms with van der Waals surface area (Å²) in [4.78, 5) is 15.5. The maximum Gasteiger partial charge on any atom is 0.164 e. The third kappa shape index (κ3) is 6.04. The van der Waals surface area contributed by atoms with E-state index < -0.39 is 0 Å². The third-order valence-corrected chi connectivity index (χ3v) is 14.5. The molecule has 0 unspecified atom stereocenters. The minimum absolute atomic E-state index is 0.578. The summed E-state index contributed by atoms with van der Waals surface area (Å²) in [5.74, 6) is 1.77. The summed E-state index contributed by atoms with van der Waals surface area (Å²) in [6, 6.07) is 77.5. The van der Waals surface area contributed by atoms with Crippen molar-refractivity contribution in [3.63, 3.8) is 0 Å². The number of para-hydroxylation sites is 2. The monoisotopic (exact) mass is 872 g/mol. The summed E-state index contributed by atoms with van der Waals surface area (Å²) in [6.45, 7) is 0. The molecule has 14 aromatic rings. The van der Waals surface area contributed by atoms with Crippen LogP contribution >= 0.6 is 11.3 Å². The second-order valence-corrected chi connectivity index (χ2v) is 18.1. The largest absolute Gasteiger partial charge is 0.456 e. The van der Waals surface area contributed by atoms with Crippen LogP contribution in [0.15, 0.2) is 223 Å². The molecule has 312 valence electrons. The fraction of sp³-hybridized carbons (Fsp3) is 0. The molecule has 67 heavy (non-hydrogen) atoms. The van der Waals surface area contributed by atoms with E-state index in [4.69, 9.17) is 19.4 Å². The highest BCUT2D eigenvalue weighted by Crippen LogP contribution is 2.47. The van der Waals surface area contributed by atoms with Crippen molar-refractivity contribution in [1.82, 2.24) is 19.5 Å². The lowest BCUT2D eigenvalue weighted by Gasteiger charge is -2.14. The zero-order valence-electron chi connectivity index (χ0n) is 35.9. The van der Waals surface area contributed by atoms with Gasteiger partial charge in [0.2, 0.25) is 0 Å². The number of nitrogens with zero attached hydrogens (tertiary/aromatic N) is 4. The molecule has 0 atom stereocenters. The highest BCUT2D eigenvalue weighted by atomic mass is 32.1. The highest BCUT2D eigenvalue weighted by molar-refractivity contribution is 7.26. The van der Waals surface area contributed by atoms with Gasteiger partial charge in [-0.05, 0) is 64.4 Å². The molecule has 0 radical (unpaired) electrons. The zero-order chi connectivity index (χ0) is 44.0. The molecule has 0 saturated heterocycles. The van der Waals surface area contributed by atoms with Crippen molar-refractivity contribution < 1.29 is 4.42 Å². The maximum absolute atomic E-state index is 6.33. The number of fused-ring (bicyclic) bond motifs is 10. The zero-order valence-corrected chi connectivity index (χ0v) is 36.7. The van der Waals surface area contributed by atoms with Crippen molar-refractivity contribution in [3.8, 4) is 62.1 Å². The van der Waals surface area contributed by atoms with Gasteiger partial charge in [-0.25, -0.2) is 15.0 Å². The summed E-state index contributed by atoms with van der Waals surface area (Å²) in [7, 11) is 0. The van der Waals surface area contributed by atoms with Gasteiger partial charge in [0, 0.05) is 75.2 Å². The number of thiophene rings is 1. The molecule has 0 N–H and O–H groups in total. The molecular weight excluding hydrogens is 837 g/mol. The van der Waals surface area contributed by atoms with Crippen LogP contribution in [0.4, 0.5) is 0 Å². The first kappa shape index (κ1) is 37.6. The lowest BCUT2D eigenvalue weighted by atomic mass is 9.98. The van der Waals surface area contributed by atoms with E-state index in [0.29, 0.717) is 17.5 Å². The predicted molar refractivity (Wildman–Crippen MR) is 279 cm³/mol. The molecule has 4 aromatic heterocycles. The Morgan fingerprint density at radius 1 is 0.343 bits per heavy atom. The van der Waals surface area contributed by atoms with Crippen molar-refractivity contribution in [3.05, 3.63) is 218 Å². The van der Waals surface area contributed by atoms with Gasteiger partial charge in [0.15, 0.2) is 17.5 Å². The molecule has 5 nitrogen and oxygen atoms in total. The van der Waals surface area contributed by atoms with Crippen LogP contribution < -0.4 is 0 Å². The van der Waals surface area contributed by atoms with E-state index >= 15 is 0 Å². The first-order valence-electron chi connectivity index (χ1n) is 22.5. The number of aromatic nitrogens is 4. The molecule has 0 aliphatic heterocycles. The Balaban J connectivity index is 0.996. The van der Waals surface area contributed by atoms with Gasteiger partial charge in [-0.2, -0.15) is 0 Å². The van der Waals surface area contributed by atoms with E-state index in [1.54, 1.807) is 0 Å². The van der Waals surface area contributed by atoms with Gasteiger partial charge in [-0.3, -0.25) is 0 Å². The first-order valence-corrected chi connectivity index (χ1v) is 23.3. The molecule has 0 aliphatic rings. The minimum Gasteiger partial charge on any atom is -0.456 e. The fourth-order valence-electron chi connectivity index (χ4n) is 10.1. The van der Waals surface area contributed by atoms with Gasteiger partial charge in [0.25, 0.3) is 0 Å². The van der Waals surface area contributed by atoms with Crippen molar-refractivity contribution in [2.24, 2.45) is 0 Å². The molecular formula is C61H36N4OS. The van der Waals surface area contributed by atoms with E-state index in [9.17, 15) is 0 Å². The molecule has 6 heteroatoms. The lowest BCUT2D eigenvalue weighted by Crippen LogP contribution is -2.01. The molecule has 0 bridgehead atoms. The summed E-state index contributed by atoms with van der Waals surface area (Å²) >= 11 is 1.89. The Morgan fingerprint density at radius 2 is 0.896 bits per heavy atom. The SMILES string of the molecule is c1ccc(-c2nc(-c3cccc(-n4c5cc6ccccc6cc5c5cccc(-c6cccc7c6sc6c(-c8ccccc8)cccc67)c54)c3)nc(-c3ccc4c(c3)oc3ccccc34)n2)cc1. The standard InChI is InChI=1S/C61H36N4OS/c1-3-15-37(16-4-1)44-24-12-28-50-51-29-14-27-49(58(51)67-57(44)50)47-25-13-26-48-52-34-39-19-7-8-20-40(39)35-53(52)65(56(47)48)43-22-11-21-41(33-43)60-62-59(38-17-5-2-6-18-38)63-61(64-60)42-31-32-46-45-23-9-10-30-54(45)66-55(46)36-42/h1-36H. The second-order valence-electron chi connectivity index (χ2n) is 17.1. The topological polar surface area (TPSA) is 56.7 Å². The number of furan rings is 1. The van der Waals surface area contributed by atoms with Crippen LogP contribution in [-0.4, -0.2) is 19.5 Å². The maximum atomic E-state index is 6.33. The third-order valence-electron chi connectivity index (χ3n) is 13.2. The van der Waals surface area contributed by atoms with E-state index in [2.05, 4.69) is 168 Å². The molecule has 0 spiro atoms. The van der Waals surface area contributed by atoms with Crippen LogP contribution in [0.1, 0.15) is 0 Å². The van der Waals surface area contributed by atoms with Crippen molar-refractivity contribution >= 4 is 86.0 Å². The Bertz CT molecular complexity index is 4280. The molecule has 14 rings (SSSR count). The summed E-state index contributed by atoms with van der Waals surface area (Å²) in [6.07, 6.45) is 0. The normalized spacial score (nSPS) is 11.9. The van der Waals surface area contributed by atoms with Crippen LogP contribution in [0.2, 0.25) is 0 Å². The van der Waals surface area contributed by atoms with Crippen LogP contribution in [0.25, 0.3) is 137 Å². The van der Waals surface area contributed by atoms with Crippen molar-refractivity contribution in [1.29, 1.82) is 0 Å². The minimum atomic E-state index is 0.578. The molecule has 0 amide bonds. The van der Waals surface area contributed by atoms with Crippen LogP contribution in [0, 0.1) is 0 Å². The van der Waals surface area contributed by atoms with E-state index in [0.717, 1.165) is 55.3 Å². The van der Waals surface area contributed by atoms with Crippen molar-refractivity contribution in [2.45, 2.75) is 0 Å². The summed E-state index contributed by atoms with van der Waals surface area (Å²) < 4.78 is 11.4. The van der Waals surface area contributed by atoms with E-state index in [1.165, 1.54) is 64.0 Å². The van der Waals surface area contributed by atoms with Crippen LogP contribution in [0.3, 0.4) is 0 Å². The Labute approximate surface area is 388 Å². The number of hydrogen-bond donors (Lipinski definition) is 0. The number of hydrogen-bond acceptors (Lipinski definition) is 5. The molecule has 0 saturated carbocycles. The second kappa shape index (κ2) is 14.9. The van der Waals surface area contributed by atoms with Gasteiger partial charge in [-0.1, -0.05) is 176 Å². The van der Waals surface area contributed by atoms with Crippen LogP contribution in [-0.2, 0) is 0 Å².